The first-order valence-corrected chi connectivity index (χ1v) is 10.5. The van der Waals surface area contributed by atoms with E-state index in [0.717, 1.165) is 19.5 Å². The van der Waals surface area contributed by atoms with Crippen LogP contribution >= 0.6 is 0 Å². The molecule has 0 aromatic carbocycles. The van der Waals surface area contributed by atoms with Crippen LogP contribution in [-0.4, -0.2) is 13.1 Å². The Hall–Kier alpha value is -0.500. The summed E-state index contributed by atoms with van der Waals surface area (Å²) in [4.78, 5) is 0. The second kappa shape index (κ2) is 21.5. The van der Waals surface area contributed by atoms with Crippen LogP contribution in [0.1, 0.15) is 110 Å². The highest BCUT2D eigenvalue weighted by Gasteiger charge is 1.93. The summed E-state index contributed by atoms with van der Waals surface area (Å²) in [6, 6.07) is 0. The van der Waals surface area contributed by atoms with Crippen molar-refractivity contribution in [2.75, 3.05) is 13.1 Å². The van der Waals surface area contributed by atoms with Crippen LogP contribution in [0.15, 0.2) is 12.3 Å². The van der Waals surface area contributed by atoms with Crippen LogP contribution < -0.4 is 11.1 Å². The summed E-state index contributed by atoms with van der Waals surface area (Å²) >= 11 is 0. The first kappa shape index (κ1) is 22.5. The second-order valence-electron chi connectivity index (χ2n) is 6.88. The molecule has 0 heterocycles. The van der Waals surface area contributed by atoms with E-state index in [9.17, 15) is 0 Å². The van der Waals surface area contributed by atoms with Crippen molar-refractivity contribution < 1.29 is 0 Å². The van der Waals surface area contributed by atoms with Crippen molar-refractivity contribution in [3.63, 3.8) is 0 Å². The summed E-state index contributed by atoms with van der Waals surface area (Å²) in [5.74, 6) is 0. The molecule has 0 fully saturated rings. The molecule has 2 nitrogen and oxygen atoms in total. The summed E-state index contributed by atoms with van der Waals surface area (Å²) in [7, 11) is 0. The molecule has 0 saturated heterocycles. The van der Waals surface area contributed by atoms with Crippen LogP contribution in [-0.2, 0) is 0 Å². The minimum absolute atomic E-state index is 0.778. The van der Waals surface area contributed by atoms with E-state index in [2.05, 4.69) is 24.5 Å². The molecule has 0 aromatic rings. The van der Waals surface area contributed by atoms with Crippen LogP contribution in [0.5, 0.6) is 0 Å². The topological polar surface area (TPSA) is 38.0 Å². The Balaban J connectivity index is 3.00. The number of nitrogens with two attached hydrogens (primary N) is 1. The van der Waals surface area contributed by atoms with Gasteiger partial charge in [0.25, 0.3) is 0 Å². The predicted octanol–water partition coefficient (Wildman–Crippen LogP) is 6.31. The van der Waals surface area contributed by atoms with Gasteiger partial charge in [-0.15, -0.1) is 0 Å². The molecule has 0 aliphatic heterocycles. The zero-order valence-electron chi connectivity index (χ0n) is 16.0. The zero-order chi connectivity index (χ0) is 16.8. The van der Waals surface area contributed by atoms with E-state index in [1.165, 1.54) is 96.3 Å². The molecule has 0 aromatic heterocycles. The van der Waals surface area contributed by atoms with Gasteiger partial charge >= 0.3 is 0 Å². The molecule has 0 unspecified atom stereocenters. The van der Waals surface area contributed by atoms with Gasteiger partial charge in [-0.3, -0.25) is 0 Å². The first-order chi connectivity index (χ1) is 11.4. The van der Waals surface area contributed by atoms with Gasteiger partial charge in [-0.2, -0.15) is 0 Å². The van der Waals surface area contributed by atoms with E-state index in [1.54, 1.807) is 0 Å². The van der Waals surface area contributed by atoms with Crippen LogP contribution in [0.3, 0.4) is 0 Å². The van der Waals surface area contributed by atoms with Crippen molar-refractivity contribution in [3.05, 3.63) is 12.3 Å². The third-order valence-electron chi connectivity index (χ3n) is 4.49. The molecule has 3 N–H and O–H groups in total. The fraction of sp³-hybridized carbons (Fsp3) is 0.905. The van der Waals surface area contributed by atoms with E-state index in [0.29, 0.717) is 0 Å². The van der Waals surface area contributed by atoms with Gasteiger partial charge in [0.2, 0.25) is 0 Å². The Morgan fingerprint density at radius 3 is 1.61 bits per heavy atom. The fourth-order valence-corrected chi connectivity index (χ4v) is 2.91. The lowest BCUT2D eigenvalue weighted by Crippen LogP contribution is -2.11. The van der Waals surface area contributed by atoms with Gasteiger partial charge in [0.05, 0.1) is 0 Å². The van der Waals surface area contributed by atoms with Crippen molar-refractivity contribution in [2.24, 2.45) is 5.73 Å². The normalized spacial score (nSPS) is 11.4. The average Bonchev–Trinajstić information content (AvgIpc) is 2.57. The molecule has 0 aliphatic carbocycles. The Morgan fingerprint density at radius 2 is 1.13 bits per heavy atom. The molecule has 0 saturated carbocycles. The maximum atomic E-state index is 5.44. The Kier molecular flexibility index (Phi) is 21.0. The monoisotopic (exact) mass is 324 g/mol. The Labute approximate surface area is 146 Å². The number of unbranched alkanes of at least 4 members (excludes halogenated alkanes) is 14. The van der Waals surface area contributed by atoms with Crippen LogP contribution in [0, 0.1) is 0 Å². The highest BCUT2D eigenvalue weighted by molar-refractivity contribution is 4.79. The molecular weight excluding hydrogens is 280 g/mol. The lowest BCUT2D eigenvalue weighted by molar-refractivity contribution is 0.536. The lowest BCUT2D eigenvalue weighted by atomic mass is 10.0. The van der Waals surface area contributed by atoms with Crippen molar-refractivity contribution in [1.29, 1.82) is 0 Å². The number of nitrogens with one attached hydrogen (secondary N) is 1. The quantitative estimate of drug-likeness (QED) is 0.273. The lowest BCUT2D eigenvalue weighted by Gasteiger charge is -2.03. The fourth-order valence-electron chi connectivity index (χ4n) is 2.91. The number of allylic oxidation sites excluding steroid dienone is 1. The van der Waals surface area contributed by atoms with Crippen molar-refractivity contribution >= 4 is 0 Å². The molecule has 0 rings (SSSR count). The van der Waals surface area contributed by atoms with E-state index in [4.69, 9.17) is 5.73 Å². The SMILES string of the molecule is CCCCCCCCCCCCCCCC/C=C/NCCCN. The Morgan fingerprint density at radius 1 is 0.652 bits per heavy atom. The van der Waals surface area contributed by atoms with Gasteiger partial charge in [0, 0.05) is 6.54 Å². The van der Waals surface area contributed by atoms with Gasteiger partial charge in [-0.1, -0.05) is 96.5 Å². The highest BCUT2D eigenvalue weighted by atomic mass is 14.8. The maximum Gasteiger partial charge on any atom is 0.0153 e. The average molecular weight is 325 g/mol. The summed E-state index contributed by atoms with van der Waals surface area (Å²) in [6.07, 6.45) is 26.7. The standard InChI is InChI=1S/C21H44N2/c1-2-3-4-5-6-7-8-9-10-11-12-13-14-15-16-17-20-23-21-18-19-22/h17,20,23H,2-16,18-19,21-22H2,1H3/b20-17+. The molecule has 23 heavy (non-hydrogen) atoms. The molecule has 138 valence electrons. The molecule has 0 bridgehead atoms. The Bertz CT molecular complexity index is 226. The molecular formula is C21H44N2. The van der Waals surface area contributed by atoms with Gasteiger partial charge in [0.15, 0.2) is 0 Å². The van der Waals surface area contributed by atoms with E-state index in [-0.39, 0.29) is 0 Å². The van der Waals surface area contributed by atoms with Crippen molar-refractivity contribution in [2.45, 2.75) is 110 Å². The van der Waals surface area contributed by atoms with Gasteiger partial charge in [0.1, 0.15) is 0 Å². The first-order valence-electron chi connectivity index (χ1n) is 10.5. The number of rotatable bonds is 19. The second-order valence-corrected chi connectivity index (χ2v) is 6.88. The smallest absolute Gasteiger partial charge is 0.0153 e. The van der Waals surface area contributed by atoms with Crippen molar-refractivity contribution in [1.82, 2.24) is 5.32 Å². The molecule has 0 spiro atoms. The van der Waals surface area contributed by atoms with E-state index in [1.807, 2.05) is 0 Å². The zero-order valence-corrected chi connectivity index (χ0v) is 16.0. The molecule has 0 radical (unpaired) electrons. The molecule has 2 heteroatoms. The van der Waals surface area contributed by atoms with Gasteiger partial charge < -0.3 is 11.1 Å². The molecule has 0 aliphatic rings. The van der Waals surface area contributed by atoms with Crippen LogP contribution in [0.4, 0.5) is 0 Å². The van der Waals surface area contributed by atoms with Crippen LogP contribution in [0.25, 0.3) is 0 Å². The highest BCUT2D eigenvalue weighted by Crippen LogP contribution is 2.13. The molecule has 0 amide bonds. The van der Waals surface area contributed by atoms with Crippen LogP contribution in [0.2, 0.25) is 0 Å². The largest absolute Gasteiger partial charge is 0.391 e. The maximum absolute atomic E-state index is 5.44. The minimum Gasteiger partial charge on any atom is -0.391 e. The number of hydrogen-bond donors (Lipinski definition) is 2. The van der Waals surface area contributed by atoms with Gasteiger partial charge in [-0.25, -0.2) is 0 Å². The summed E-state index contributed by atoms with van der Waals surface area (Å²) in [5.41, 5.74) is 5.44. The summed E-state index contributed by atoms with van der Waals surface area (Å²) < 4.78 is 0. The number of hydrogen-bond acceptors (Lipinski definition) is 2. The van der Waals surface area contributed by atoms with E-state index < -0.39 is 0 Å². The van der Waals surface area contributed by atoms with Crippen molar-refractivity contribution in [3.8, 4) is 0 Å². The third-order valence-corrected chi connectivity index (χ3v) is 4.49. The predicted molar refractivity (Wildman–Crippen MR) is 106 cm³/mol. The van der Waals surface area contributed by atoms with E-state index >= 15 is 0 Å². The minimum atomic E-state index is 0.778. The van der Waals surface area contributed by atoms with Gasteiger partial charge in [-0.05, 0) is 32.0 Å². The summed E-state index contributed by atoms with van der Waals surface area (Å²) in [5, 5.41) is 3.28. The third kappa shape index (κ3) is 21.5. The summed E-state index contributed by atoms with van der Waals surface area (Å²) in [6.45, 7) is 4.07. The molecule has 0 atom stereocenters.